The number of aliphatic hydroxyl groups excluding tert-OH is 1. The van der Waals surface area contributed by atoms with E-state index in [1.54, 1.807) is 6.07 Å². The van der Waals surface area contributed by atoms with Crippen molar-refractivity contribution in [2.45, 2.75) is 44.2 Å². The molecular weight excluding hydrogens is 217 g/mol. The first kappa shape index (κ1) is 12.5. The van der Waals surface area contributed by atoms with Gasteiger partial charge >= 0.3 is 0 Å². The van der Waals surface area contributed by atoms with Gasteiger partial charge in [-0.05, 0) is 43.7 Å². The smallest absolute Gasteiger partial charge is 0.126 e. The van der Waals surface area contributed by atoms with Crippen LogP contribution in [0.25, 0.3) is 0 Å². The third-order valence-electron chi connectivity index (χ3n) is 3.57. The lowest BCUT2D eigenvalue weighted by Gasteiger charge is -2.38. The van der Waals surface area contributed by atoms with Crippen LogP contribution in [0.3, 0.4) is 0 Å². The average molecular weight is 237 g/mol. The molecule has 2 N–H and O–H groups in total. The van der Waals surface area contributed by atoms with Crippen LogP contribution in [0.2, 0.25) is 0 Å². The first-order valence-corrected chi connectivity index (χ1v) is 6.32. The summed E-state index contributed by atoms with van der Waals surface area (Å²) in [5.41, 5.74) is 0.848. The van der Waals surface area contributed by atoms with Crippen LogP contribution in [-0.2, 0) is 0 Å². The molecule has 1 unspecified atom stereocenters. The molecule has 1 atom stereocenters. The summed E-state index contributed by atoms with van der Waals surface area (Å²) in [5, 5.41) is 12.3. The van der Waals surface area contributed by atoms with Crippen molar-refractivity contribution in [3.8, 4) is 0 Å². The predicted molar refractivity (Wildman–Crippen MR) is 66.5 cm³/mol. The van der Waals surface area contributed by atoms with E-state index in [0.717, 1.165) is 24.8 Å². The molecule has 0 saturated heterocycles. The number of hydrogen-bond acceptors (Lipinski definition) is 2. The molecule has 94 valence electrons. The van der Waals surface area contributed by atoms with Gasteiger partial charge in [-0.2, -0.15) is 0 Å². The number of nitrogens with one attached hydrogen (secondary N) is 1. The molecule has 1 aliphatic rings. The normalized spacial score (nSPS) is 25.4. The Morgan fingerprint density at radius 2 is 2.12 bits per heavy atom. The molecule has 1 fully saturated rings. The summed E-state index contributed by atoms with van der Waals surface area (Å²) in [6.45, 7) is 2.30. The Hall–Kier alpha value is -0.930. The second-order valence-corrected chi connectivity index (χ2v) is 4.97. The second-order valence-electron chi connectivity index (χ2n) is 4.97. The van der Waals surface area contributed by atoms with Crippen molar-refractivity contribution in [2.24, 2.45) is 0 Å². The molecule has 2 nitrogen and oxygen atoms in total. The van der Waals surface area contributed by atoms with Crippen LogP contribution >= 0.6 is 0 Å². The summed E-state index contributed by atoms with van der Waals surface area (Å²) in [5.74, 6) is 0.273. The second kappa shape index (κ2) is 5.61. The molecule has 1 saturated carbocycles. The van der Waals surface area contributed by atoms with E-state index in [1.807, 2.05) is 12.1 Å². The molecule has 0 bridgehead atoms. The predicted octanol–water partition coefficient (Wildman–Crippen LogP) is 2.43. The van der Waals surface area contributed by atoms with Gasteiger partial charge in [0.15, 0.2) is 0 Å². The van der Waals surface area contributed by atoms with Crippen molar-refractivity contribution in [3.63, 3.8) is 0 Å². The maximum atomic E-state index is 13.5. The summed E-state index contributed by atoms with van der Waals surface area (Å²) in [7, 11) is 0. The zero-order chi connectivity index (χ0) is 12.3. The fraction of sp³-hybridized carbons (Fsp3) is 0.571. The monoisotopic (exact) mass is 237 g/mol. The van der Waals surface area contributed by atoms with Gasteiger partial charge < -0.3 is 10.4 Å². The van der Waals surface area contributed by atoms with E-state index < -0.39 is 0 Å². The van der Waals surface area contributed by atoms with E-state index in [4.69, 9.17) is 5.11 Å². The van der Waals surface area contributed by atoms with Gasteiger partial charge in [0.2, 0.25) is 0 Å². The fourth-order valence-electron chi connectivity index (χ4n) is 2.49. The Balaban J connectivity index is 1.81. The topological polar surface area (TPSA) is 32.3 Å². The molecule has 1 aliphatic carbocycles. The van der Waals surface area contributed by atoms with Gasteiger partial charge in [-0.25, -0.2) is 4.39 Å². The Kier molecular flexibility index (Phi) is 4.13. The molecule has 17 heavy (non-hydrogen) atoms. The molecule has 0 heterocycles. The van der Waals surface area contributed by atoms with Crippen molar-refractivity contribution in [1.82, 2.24) is 5.32 Å². The van der Waals surface area contributed by atoms with Crippen LogP contribution in [0.4, 0.5) is 4.39 Å². The van der Waals surface area contributed by atoms with Gasteiger partial charge in [-0.15, -0.1) is 0 Å². The summed E-state index contributed by atoms with van der Waals surface area (Å²) in [6, 6.07) is 7.86. The lowest BCUT2D eigenvalue weighted by molar-refractivity contribution is 0.228. The van der Waals surface area contributed by atoms with Gasteiger partial charge in [0.05, 0.1) is 0 Å². The largest absolute Gasteiger partial charge is 0.396 e. The van der Waals surface area contributed by atoms with Crippen LogP contribution in [-0.4, -0.2) is 23.8 Å². The summed E-state index contributed by atoms with van der Waals surface area (Å²) in [6.07, 6.45) is 2.77. The molecule has 0 spiro atoms. The van der Waals surface area contributed by atoms with Crippen LogP contribution in [0.1, 0.15) is 37.7 Å². The highest BCUT2D eigenvalue weighted by Crippen LogP contribution is 2.38. The molecule has 0 amide bonds. The minimum absolute atomic E-state index is 0.0839. The van der Waals surface area contributed by atoms with Crippen molar-refractivity contribution in [2.75, 3.05) is 6.61 Å². The lowest BCUT2D eigenvalue weighted by Crippen LogP contribution is -2.44. The van der Waals surface area contributed by atoms with E-state index in [-0.39, 0.29) is 12.4 Å². The van der Waals surface area contributed by atoms with Gasteiger partial charge in [0.1, 0.15) is 5.82 Å². The number of hydrogen-bond donors (Lipinski definition) is 2. The van der Waals surface area contributed by atoms with Crippen LogP contribution in [0.5, 0.6) is 0 Å². The van der Waals surface area contributed by atoms with E-state index in [2.05, 4.69) is 12.2 Å². The van der Waals surface area contributed by atoms with E-state index in [9.17, 15) is 4.39 Å². The highest BCUT2D eigenvalue weighted by molar-refractivity contribution is 5.24. The van der Waals surface area contributed by atoms with Crippen molar-refractivity contribution < 1.29 is 9.50 Å². The van der Waals surface area contributed by atoms with Crippen LogP contribution in [0.15, 0.2) is 24.3 Å². The van der Waals surface area contributed by atoms with Crippen LogP contribution in [0, 0.1) is 5.82 Å². The van der Waals surface area contributed by atoms with Gasteiger partial charge in [-0.3, -0.25) is 0 Å². The minimum Gasteiger partial charge on any atom is -0.396 e. The molecule has 3 heteroatoms. The van der Waals surface area contributed by atoms with E-state index in [0.29, 0.717) is 18.0 Å². The Bertz CT molecular complexity index is 363. The Labute approximate surface area is 102 Å². The third kappa shape index (κ3) is 3.05. The Morgan fingerprint density at radius 1 is 1.41 bits per heavy atom. The number of halogens is 1. The summed E-state index contributed by atoms with van der Waals surface area (Å²) >= 11 is 0. The molecule has 0 aromatic heterocycles. The maximum Gasteiger partial charge on any atom is 0.126 e. The minimum atomic E-state index is -0.0839. The van der Waals surface area contributed by atoms with E-state index in [1.165, 1.54) is 6.07 Å². The number of benzene rings is 1. The first-order valence-electron chi connectivity index (χ1n) is 6.32. The molecule has 1 aromatic carbocycles. The lowest BCUT2D eigenvalue weighted by atomic mass is 9.75. The first-order chi connectivity index (χ1) is 8.20. The molecular formula is C14H20FNO. The zero-order valence-corrected chi connectivity index (χ0v) is 10.2. The zero-order valence-electron chi connectivity index (χ0n) is 10.2. The molecule has 0 radical (unpaired) electrons. The van der Waals surface area contributed by atoms with Gasteiger partial charge in [-0.1, -0.05) is 18.2 Å². The third-order valence-corrected chi connectivity index (χ3v) is 3.57. The van der Waals surface area contributed by atoms with Crippen LogP contribution < -0.4 is 5.32 Å². The molecule has 1 aromatic rings. The molecule has 2 rings (SSSR count). The quantitative estimate of drug-likeness (QED) is 0.824. The average Bonchev–Trinajstić information content (AvgIpc) is 2.25. The fourth-order valence-corrected chi connectivity index (χ4v) is 2.49. The van der Waals surface area contributed by atoms with Crippen molar-refractivity contribution in [1.29, 1.82) is 0 Å². The van der Waals surface area contributed by atoms with Crippen molar-refractivity contribution in [3.05, 3.63) is 35.6 Å². The standard InChI is InChI=1S/C14H20FNO/c1-10(6-7-17)16-12-8-11(9-12)13-4-2-3-5-14(13)15/h2-5,10-12,16-17H,6-9H2,1H3. The summed E-state index contributed by atoms with van der Waals surface area (Å²) < 4.78 is 13.5. The van der Waals surface area contributed by atoms with Crippen molar-refractivity contribution >= 4 is 0 Å². The number of rotatable bonds is 5. The maximum absolute atomic E-state index is 13.5. The van der Waals surface area contributed by atoms with Gasteiger partial charge in [0.25, 0.3) is 0 Å². The highest BCUT2D eigenvalue weighted by atomic mass is 19.1. The number of aliphatic hydroxyl groups is 1. The highest BCUT2D eigenvalue weighted by Gasteiger charge is 2.32. The van der Waals surface area contributed by atoms with Gasteiger partial charge in [0, 0.05) is 18.7 Å². The Morgan fingerprint density at radius 3 is 2.76 bits per heavy atom. The summed E-state index contributed by atoms with van der Waals surface area (Å²) in [4.78, 5) is 0. The van der Waals surface area contributed by atoms with E-state index >= 15 is 0 Å². The SMILES string of the molecule is CC(CCO)NC1CC(c2ccccc2F)C1. The molecule has 0 aliphatic heterocycles.